The summed E-state index contributed by atoms with van der Waals surface area (Å²) in [5.41, 5.74) is -0.885. The second-order valence-corrected chi connectivity index (χ2v) is 8.58. The molecule has 0 spiro atoms. The molecule has 0 aromatic heterocycles. The van der Waals surface area contributed by atoms with Crippen molar-refractivity contribution < 1.29 is 28.7 Å². The van der Waals surface area contributed by atoms with Gasteiger partial charge in [0.25, 0.3) is 5.91 Å². The van der Waals surface area contributed by atoms with Crippen LogP contribution in [0.1, 0.15) is 47.1 Å². The maximum atomic E-state index is 12.4. The minimum Gasteiger partial charge on any atom is -0.458 e. The lowest BCUT2D eigenvalue weighted by Crippen LogP contribution is -2.52. The molecular formula is C21H30N2O6. The van der Waals surface area contributed by atoms with Crippen molar-refractivity contribution in [2.45, 2.75) is 59.8 Å². The molecule has 8 heteroatoms. The normalized spacial score (nSPS) is 12.5. The smallest absolute Gasteiger partial charge is 0.408 e. The van der Waals surface area contributed by atoms with Crippen molar-refractivity contribution in [3.05, 3.63) is 35.9 Å². The van der Waals surface area contributed by atoms with Crippen LogP contribution in [-0.4, -0.2) is 41.9 Å². The molecule has 1 aromatic rings. The average molecular weight is 406 g/mol. The van der Waals surface area contributed by atoms with Crippen molar-refractivity contribution >= 4 is 23.8 Å². The minimum absolute atomic E-state index is 0.0164. The molecule has 0 saturated heterocycles. The fourth-order valence-corrected chi connectivity index (χ4v) is 2.09. The number of carbonyl (C=O) groups is 4. The first-order valence-corrected chi connectivity index (χ1v) is 9.32. The molecule has 29 heavy (non-hydrogen) atoms. The molecule has 0 radical (unpaired) electrons. The van der Waals surface area contributed by atoms with Gasteiger partial charge in [-0.05, 0) is 26.3 Å². The number of hydrogen-bond donors (Lipinski definition) is 2. The Balaban J connectivity index is 2.74. The summed E-state index contributed by atoms with van der Waals surface area (Å²) in [7, 11) is 0. The van der Waals surface area contributed by atoms with E-state index >= 15 is 0 Å². The van der Waals surface area contributed by atoms with Crippen LogP contribution in [0.25, 0.3) is 0 Å². The standard InChI is InChI=1S/C21H30N2O6/c1-20(2,3)16(24)17(25)22-12-15(18(26)29-21(4,5)6)23-19(27)28-13-14-10-8-7-9-11-14/h7-11,15H,12-13H2,1-6H3,(H,22,25)(H,23,27). The minimum atomic E-state index is -1.21. The van der Waals surface area contributed by atoms with Crippen LogP contribution < -0.4 is 10.6 Å². The summed E-state index contributed by atoms with van der Waals surface area (Å²) in [5, 5.41) is 4.76. The molecule has 0 bridgehead atoms. The molecule has 2 N–H and O–H groups in total. The third kappa shape index (κ3) is 9.23. The number of esters is 1. The molecule has 0 saturated carbocycles. The molecule has 0 aliphatic rings. The first-order chi connectivity index (χ1) is 13.3. The van der Waals surface area contributed by atoms with Crippen LogP contribution in [0.3, 0.4) is 0 Å². The van der Waals surface area contributed by atoms with Gasteiger partial charge in [0.15, 0.2) is 0 Å². The van der Waals surface area contributed by atoms with E-state index in [1.165, 1.54) is 0 Å². The van der Waals surface area contributed by atoms with E-state index in [0.29, 0.717) is 0 Å². The molecule has 2 amide bonds. The number of hydrogen-bond acceptors (Lipinski definition) is 6. The van der Waals surface area contributed by atoms with Gasteiger partial charge in [-0.1, -0.05) is 51.1 Å². The predicted molar refractivity (Wildman–Crippen MR) is 107 cm³/mol. The summed E-state index contributed by atoms with van der Waals surface area (Å²) in [5.74, 6) is -2.23. The van der Waals surface area contributed by atoms with Crippen molar-refractivity contribution in [3.63, 3.8) is 0 Å². The van der Waals surface area contributed by atoms with Crippen LogP contribution >= 0.6 is 0 Å². The quantitative estimate of drug-likeness (QED) is 0.531. The molecule has 1 unspecified atom stereocenters. The van der Waals surface area contributed by atoms with Crippen LogP contribution in [0.15, 0.2) is 30.3 Å². The third-order valence-corrected chi connectivity index (χ3v) is 3.55. The van der Waals surface area contributed by atoms with Crippen LogP contribution in [0, 0.1) is 5.41 Å². The van der Waals surface area contributed by atoms with Gasteiger partial charge in [-0.3, -0.25) is 9.59 Å². The van der Waals surface area contributed by atoms with E-state index in [9.17, 15) is 19.2 Å². The van der Waals surface area contributed by atoms with E-state index < -0.39 is 40.8 Å². The Morgan fingerprint density at radius 3 is 2.07 bits per heavy atom. The van der Waals surface area contributed by atoms with Crippen LogP contribution in [0.2, 0.25) is 0 Å². The maximum absolute atomic E-state index is 12.4. The van der Waals surface area contributed by atoms with Crippen LogP contribution in [0.4, 0.5) is 4.79 Å². The van der Waals surface area contributed by atoms with Gasteiger partial charge >= 0.3 is 12.1 Å². The number of ether oxygens (including phenoxy) is 2. The highest BCUT2D eigenvalue weighted by Crippen LogP contribution is 2.14. The van der Waals surface area contributed by atoms with Crippen molar-refractivity contribution in [2.24, 2.45) is 5.41 Å². The fourth-order valence-electron chi connectivity index (χ4n) is 2.09. The molecule has 1 rings (SSSR count). The molecule has 0 fully saturated rings. The van der Waals surface area contributed by atoms with Crippen molar-refractivity contribution in [1.82, 2.24) is 10.6 Å². The second kappa shape index (κ2) is 10.0. The highest BCUT2D eigenvalue weighted by Gasteiger charge is 2.31. The summed E-state index contributed by atoms with van der Waals surface area (Å²) in [6, 6.07) is 7.82. The highest BCUT2D eigenvalue weighted by molar-refractivity contribution is 6.37. The number of benzene rings is 1. The van der Waals surface area contributed by atoms with Crippen LogP contribution in [-0.2, 0) is 30.5 Å². The zero-order chi connectivity index (χ0) is 22.2. The van der Waals surface area contributed by atoms with E-state index in [0.717, 1.165) is 5.56 Å². The zero-order valence-corrected chi connectivity index (χ0v) is 17.8. The lowest BCUT2D eigenvalue weighted by atomic mass is 9.90. The third-order valence-electron chi connectivity index (χ3n) is 3.55. The van der Waals surface area contributed by atoms with Crippen molar-refractivity contribution in [1.29, 1.82) is 0 Å². The van der Waals surface area contributed by atoms with E-state index in [1.807, 2.05) is 18.2 Å². The number of Topliss-reactive ketones (excluding diaryl/α,β-unsaturated/α-hetero) is 1. The van der Waals surface area contributed by atoms with E-state index in [-0.39, 0.29) is 13.2 Å². The number of ketones is 1. The lowest BCUT2D eigenvalue weighted by molar-refractivity contribution is -0.157. The first-order valence-electron chi connectivity index (χ1n) is 9.32. The number of rotatable bonds is 7. The SMILES string of the molecule is CC(C)(C)OC(=O)C(CNC(=O)C(=O)C(C)(C)C)NC(=O)OCc1ccccc1. The number of nitrogens with one attached hydrogen (secondary N) is 2. The summed E-state index contributed by atoms with van der Waals surface area (Å²) < 4.78 is 10.4. The van der Waals surface area contributed by atoms with Crippen molar-refractivity contribution in [3.8, 4) is 0 Å². The average Bonchev–Trinajstić information content (AvgIpc) is 2.61. The first kappa shape index (κ1) is 24.1. The van der Waals surface area contributed by atoms with Gasteiger partial charge in [-0.25, -0.2) is 9.59 Å². The van der Waals surface area contributed by atoms with Crippen molar-refractivity contribution in [2.75, 3.05) is 6.54 Å². The largest absolute Gasteiger partial charge is 0.458 e. The van der Waals surface area contributed by atoms with E-state index in [4.69, 9.17) is 9.47 Å². The maximum Gasteiger partial charge on any atom is 0.408 e. The van der Waals surface area contributed by atoms with Gasteiger partial charge in [-0.2, -0.15) is 0 Å². The monoisotopic (exact) mass is 406 g/mol. The molecule has 0 aliphatic heterocycles. The lowest BCUT2D eigenvalue weighted by Gasteiger charge is -2.25. The Kier molecular flexibility index (Phi) is 8.36. The molecule has 1 aromatic carbocycles. The molecule has 8 nitrogen and oxygen atoms in total. The molecule has 0 aliphatic carbocycles. The van der Waals surface area contributed by atoms with E-state index in [1.54, 1.807) is 53.7 Å². The summed E-state index contributed by atoms with van der Waals surface area (Å²) in [6.45, 7) is 9.57. The Hall–Kier alpha value is -2.90. The molecule has 1 atom stereocenters. The predicted octanol–water partition coefficient (Wildman–Crippen LogP) is 2.35. The van der Waals surface area contributed by atoms with Gasteiger partial charge in [0.2, 0.25) is 5.78 Å². The van der Waals surface area contributed by atoms with E-state index in [2.05, 4.69) is 10.6 Å². The topological polar surface area (TPSA) is 111 Å². The van der Waals surface area contributed by atoms with Gasteiger partial charge in [0.05, 0.1) is 0 Å². The Labute approximate surface area is 171 Å². The Morgan fingerprint density at radius 2 is 1.55 bits per heavy atom. The molecular weight excluding hydrogens is 376 g/mol. The number of alkyl carbamates (subject to hydrolysis) is 1. The van der Waals surface area contributed by atoms with Gasteiger partial charge in [-0.15, -0.1) is 0 Å². The fraction of sp³-hybridized carbons (Fsp3) is 0.524. The van der Waals surface area contributed by atoms with Gasteiger partial charge in [0.1, 0.15) is 18.2 Å². The summed E-state index contributed by atoms with van der Waals surface area (Å²) >= 11 is 0. The highest BCUT2D eigenvalue weighted by atomic mass is 16.6. The second-order valence-electron chi connectivity index (χ2n) is 8.58. The van der Waals surface area contributed by atoms with Gasteiger partial charge in [0, 0.05) is 12.0 Å². The Bertz CT molecular complexity index is 732. The Morgan fingerprint density at radius 1 is 0.966 bits per heavy atom. The summed E-state index contributed by atoms with van der Waals surface area (Å²) in [6.07, 6.45) is -0.846. The van der Waals surface area contributed by atoms with Gasteiger partial charge < -0.3 is 20.1 Å². The molecule has 0 heterocycles. The number of carbonyl (C=O) groups excluding carboxylic acids is 4. The molecule has 160 valence electrons. The summed E-state index contributed by atoms with van der Waals surface area (Å²) in [4.78, 5) is 48.6. The number of amides is 2. The van der Waals surface area contributed by atoms with Crippen LogP contribution in [0.5, 0.6) is 0 Å². The zero-order valence-electron chi connectivity index (χ0n) is 17.8.